The zero-order chi connectivity index (χ0) is 15.9. The summed E-state index contributed by atoms with van der Waals surface area (Å²) in [5.41, 5.74) is 0.947. The first kappa shape index (κ1) is 16.0. The molecule has 6 nitrogen and oxygen atoms in total. The average molecular weight is 335 g/mol. The summed E-state index contributed by atoms with van der Waals surface area (Å²) in [5, 5.41) is 7.88. The number of urea groups is 1. The molecule has 3 rings (SSSR count). The number of furan rings is 1. The molecule has 7 heteroatoms. The lowest BCUT2D eigenvalue weighted by molar-refractivity contribution is 0.0174. The van der Waals surface area contributed by atoms with Gasteiger partial charge in [-0.15, -0.1) is 11.3 Å². The highest BCUT2D eigenvalue weighted by Crippen LogP contribution is 2.25. The summed E-state index contributed by atoms with van der Waals surface area (Å²) in [5.74, 6) is 0. The Kier molecular flexibility index (Phi) is 5.68. The van der Waals surface area contributed by atoms with Crippen molar-refractivity contribution < 1.29 is 13.9 Å². The molecule has 0 saturated carbocycles. The number of rotatable bonds is 6. The van der Waals surface area contributed by atoms with Crippen LogP contribution in [-0.2, 0) is 11.3 Å². The summed E-state index contributed by atoms with van der Waals surface area (Å²) < 4.78 is 10.4. The fourth-order valence-electron chi connectivity index (χ4n) is 2.61. The Bertz CT molecular complexity index is 580. The van der Waals surface area contributed by atoms with Gasteiger partial charge in [-0.2, -0.15) is 0 Å². The summed E-state index contributed by atoms with van der Waals surface area (Å²) in [6.07, 6.45) is 3.22. The van der Waals surface area contributed by atoms with Crippen LogP contribution in [0.1, 0.15) is 16.5 Å². The number of carbonyl (C=O) groups is 1. The molecule has 1 aliphatic heterocycles. The average Bonchev–Trinajstić information content (AvgIpc) is 3.28. The van der Waals surface area contributed by atoms with Gasteiger partial charge in [0.05, 0.1) is 31.8 Å². The van der Waals surface area contributed by atoms with Gasteiger partial charge in [0.2, 0.25) is 0 Å². The lowest BCUT2D eigenvalue weighted by Gasteiger charge is -2.34. The molecule has 2 amide bonds. The van der Waals surface area contributed by atoms with Gasteiger partial charge in [0.25, 0.3) is 0 Å². The van der Waals surface area contributed by atoms with Gasteiger partial charge in [-0.1, -0.05) is 6.07 Å². The summed E-state index contributed by atoms with van der Waals surface area (Å²) in [7, 11) is 0. The summed E-state index contributed by atoms with van der Waals surface area (Å²) in [6, 6.07) is 6.03. The van der Waals surface area contributed by atoms with Crippen LogP contribution in [0.3, 0.4) is 0 Å². The molecule has 2 aromatic heterocycles. The van der Waals surface area contributed by atoms with Gasteiger partial charge in [-0.3, -0.25) is 4.90 Å². The molecule has 0 aliphatic carbocycles. The molecule has 1 saturated heterocycles. The number of hydrogen-bond acceptors (Lipinski definition) is 5. The fraction of sp³-hybridized carbons (Fsp3) is 0.438. The van der Waals surface area contributed by atoms with Gasteiger partial charge in [0.1, 0.15) is 0 Å². The molecule has 3 heterocycles. The third-order valence-corrected chi connectivity index (χ3v) is 4.82. The van der Waals surface area contributed by atoms with Gasteiger partial charge >= 0.3 is 6.03 Å². The predicted octanol–water partition coefficient (Wildman–Crippen LogP) is 2.21. The van der Waals surface area contributed by atoms with Crippen molar-refractivity contribution in [2.24, 2.45) is 0 Å². The molecule has 23 heavy (non-hydrogen) atoms. The minimum Gasteiger partial charge on any atom is -0.472 e. The third kappa shape index (κ3) is 4.57. The van der Waals surface area contributed by atoms with Crippen molar-refractivity contribution in [3.63, 3.8) is 0 Å². The monoisotopic (exact) mass is 335 g/mol. The number of amides is 2. The molecule has 1 fully saturated rings. The third-order valence-electron chi connectivity index (χ3n) is 3.85. The smallest absolute Gasteiger partial charge is 0.315 e. The van der Waals surface area contributed by atoms with E-state index in [4.69, 9.17) is 9.15 Å². The molecule has 0 spiro atoms. The normalized spacial score (nSPS) is 16.9. The Morgan fingerprint density at radius 3 is 2.87 bits per heavy atom. The second kappa shape index (κ2) is 8.14. The second-order valence-corrected chi connectivity index (χ2v) is 6.35. The minimum absolute atomic E-state index is 0.166. The van der Waals surface area contributed by atoms with Gasteiger partial charge in [-0.25, -0.2) is 4.79 Å². The van der Waals surface area contributed by atoms with Crippen molar-refractivity contribution in [2.75, 3.05) is 32.8 Å². The SMILES string of the molecule is O=C(NCc1ccoc1)NC[C@@H](c1cccs1)N1CCOCC1. The Hall–Kier alpha value is -1.83. The maximum Gasteiger partial charge on any atom is 0.315 e. The number of hydrogen-bond donors (Lipinski definition) is 2. The van der Waals surface area contributed by atoms with E-state index in [0.29, 0.717) is 13.1 Å². The largest absolute Gasteiger partial charge is 0.472 e. The fourth-order valence-corrected chi connectivity index (χ4v) is 3.47. The molecule has 2 aromatic rings. The quantitative estimate of drug-likeness (QED) is 0.849. The lowest BCUT2D eigenvalue weighted by atomic mass is 10.2. The van der Waals surface area contributed by atoms with E-state index in [-0.39, 0.29) is 12.1 Å². The van der Waals surface area contributed by atoms with Crippen molar-refractivity contribution in [1.29, 1.82) is 0 Å². The zero-order valence-corrected chi connectivity index (χ0v) is 13.7. The standard InChI is InChI=1S/C16H21N3O3S/c20-16(17-10-13-3-6-22-12-13)18-11-14(15-2-1-9-23-15)19-4-7-21-8-5-19/h1-3,6,9,12,14H,4-5,7-8,10-11H2,(H2,17,18,20)/t14-/m0/s1. The predicted molar refractivity (Wildman–Crippen MR) is 88.4 cm³/mol. The van der Waals surface area contributed by atoms with Crippen LogP contribution in [0.25, 0.3) is 0 Å². The van der Waals surface area contributed by atoms with Crippen molar-refractivity contribution >= 4 is 17.4 Å². The van der Waals surface area contributed by atoms with E-state index >= 15 is 0 Å². The van der Waals surface area contributed by atoms with Crippen LogP contribution in [0.15, 0.2) is 40.5 Å². The van der Waals surface area contributed by atoms with Crippen LogP contribution in [0.4, 0.5) is 4.79 Å². The number of carbonyl (C=O) groups excluding carboxylic acids is 1. The van der Waals surface area contributed by atoms with Gasteiger partial charge in [0.15, 0.2) is 0 Å². The van der Waals surface area contributed by atoms with E-state index in [9.17, 15) is 4.79 Å². The van der Waals surface area contributed by atoms with Gasteiger partial charge < -0.3 is 19.8 Å². The van der Waals surface area contributed by atoms with Crippen molar-refractivity contribution in [2.45, 2.75) is 12.6 Å². The molecule has 1 atom stereocenters. The molecule has 2 N–H and O–H groups in total. The zero-order valence-electron chi connectivity index (χ0n) is 12.9. The summed E-state index contributed by atoms with van der Waals surface area (Å²) in [6.45, 7) is 4.31. The molecule has 0 aromatic carbocycles. The van der Waals surface area contributed by atoms with Crippen LogP contribution < -0.4 is 10.6 Å². The minimum atomic E-state index is -0.166. The lowest BCUT2D eigenvalue weighted by Crippen LogP contribution is -2.45. The molecule has 0 radical (unpaired) electrons. The summed E-state index contributed by atoms with van der Waals surface area (Å²) >= 11 is 1.72. The van der Waals surface area contributed by atoms with Gasteiger partial charge in [0, 0.05) is 36.6 Å². The van der Waals surface area contributed by atoms with Crippen LogP contribution >= 0.6 is 11.3 Å². The Balaban J connectivity index is 1.52. The highest BCUT2D eigenvalue weighted by molar-refractivity contribution is 7.10. The van der Waals surface area contributed by atoms with Gasteiger partial charge in [-0.05, 0) is 17.5 Å². The number of thiophene rings is 1. The van der Waals surface area contributed by atoms with E-state index in [0.717, 1.165) is 31.9 Å². The van der Waals surface area contributed by atoms with E-state index < -0.39 is 0 Å². The van der Waals surface area contributed by atoms with E-state index in [1.807, 2.05) is 12.1 Å². The van der Waals surface area contributed by atoms with Crippen molar-refractivity contribution in [3.05, 3.63) is 46.5 Å². The van der Waals surface area contributed by atoms with E-state index in [1.165, 1.54) is 4.88 Å². The highest BCUT2D eigenvalue weighted by atomic mass is 32.1. The van der Waals surface area contributed by atoms with Crippen LogP contribution in [0, 0.1) is 0 Å². The van der Waals surface area contributed by atoms with E-state index in [1.54, 1.807) is 23.9 Å². The Morgan fingerprint density at radius 2 is 2.17 bits per heavy atom. The number of nitrogens with zero attached hydrogens (tertiary/aromatic N) is 1. The maximum atomic E-state index is 12.0. The van der Waals surface area contributed by atoms with Crippen LogP contribution in [0.2, 0.25) is 0 Å². The summed E-state index contributed by atoms with van der Waals surface area (Å²) in [4.78, 5) is 15.6. The number of morpholine rings is 1. The molecule has 0 unspecified atom stereocenters. The van der Waals surface area contributed by atoms with Crippen LogP contribution in [0.5, 0.6) is 0 Å². The van der Waals surface area contributed by atoms with Crippen molar-refractivity contribution in [3.8, 4) is 0 Å². The first-order valence-electron chi connectivity index (χ1n) is 7.71. The molecule has 0 bridgehead atoms. The molecular formula is C16H21N3O3S. The van der Waals surface area contributed by atoms with Crippen molar-refractivity contribution in [1.82, 2.24) is 15.5 Å². The maximum absolute atomic E-state index is 12.0. The van der Waals surface area contributed by atoms with Crippen LogP contribution in [-0.4, -0.2) is 43.8 Å². The first-order chi connectivity index (χ1) is 11.3. The second-order valence-electron chi connectivity index (χ2n) is 5.37. The highest BCUT2D eigenvalue weighted by Gasteiger charge is 2.23. The number of nitrogens with one attached hydrogen (secondary N) is 2. The molecular weight excluding hydrogens is 314 g/mol. The Labute approximate surface area is 139 Å². The number of ether oxygens (including phenoxy) is 1. The van der Waals surface area contributed by atoms with E-state index in [2.05, 4.69) is 27.0 Å². The topological polar surface area (TPSA) is 66.7 Å². The first-order valence-corrected chi connectivity index (χ1v) is 8.59. The Morgan fingerprint density at radius 1 is 1.30 bits per heavy atom. The molecule has 124 valence electrons. The molecule has 1 aliphatic rings.